The molecule has 0 aliphatic carbocycles. The highest BCUT2D eigenvalue weighted by molar-refractivity contribution is 5.94. The van der Waals surface area contributed by atoms with E-state index in [1.54, 1.807) is 6.07 Å². The van der Waals surface area contributed by atoms with Crippen LogP contribution in [0.4, 0.5) is 11.4 Å². The SMILES string of the molecule is COCC(=O)C(C#N)c1ccc(N(C)C(=O)CC(C)(C)C)cc1[N+](=O)[O-]. The number of Topliss-reactive ketones (excluding diaryl/α,β-unsaturated/α-hetero) is 1. The van der Waals surface area contributed by atoms with Gasteiger partial charge in [-0.25, -0.2) is 0 Å². The topological polar surface area (TPSA) is 114 Å². The van der Waals surface area contributed by atoms with Crippen molar-refractivity contribution >= 4 is 23.1 Å². The first-order valence-electron chi connectivity index (χ1n) is 7.98. The summed E-state index contributed by atoms with van der Waals surface area (Å²) >= 11 is 0. The predicted octanol–water partition coefficient (Wildman–Crippen LogP) is 2.82. The van der Waals surface area contributed by atoms with Crippen LogP contribution in [-0.4, -0.2) is 37.4 Å². The van der Waals surface area contributed by atoms with Crippen molar-refractivity contribution in [2.45, 2.75) is 33.1 Å². The lowest BCUT2D eigenvalue weighted by molar-refractivity contribution is -0.385. The molecule has 0 saturated heterocycles. The van der Waals surface area contributed by atoms with Gasteiger partial charge in [-0.15, -0.1) is 0 Å². The van der Waals surface area contributed by atoms with E-state index in [-0.39, 0.29) is 35.6 Å². The van der Waals surface area contributed by atoms with E-state index in [1.165, 1.54) is 37.3 Å². The van der Waals surface area contributed by atoms with Crippen LogP contribution >= 0.6 is 0 Å². The average molecular weight is 361 g/mol. The fraction of sp³-hybridized carbons (Fsp3) is 0.500. The third-order valence-electron chi connectivity index (χ3n) is 3.70. The summed E-state index contributed by atoms with van der Waals surface area (Å²) in [4.78, 5) is 36.5. The van der Waals surface area contributed by atoms with E-state index in [0.717, 1.165) is 0 Å². The molecule has 0 saturated carbocycles. The third kappa shape index (κ3) is 5.36. The number of benzene rings is 1. The van der Waals surface area contributed by atoms with Gasteiger partial charge in [-0.1, -0.05) is 20.8 Å². The molecule has 0 N–H and O–H groups in total. The number of ketones is 1. The van der Waals surface area contributed by atoms with Crippen LogP contribution < -0.4 is 4.90 Å². The van der Waals surface area contributed by atoms with Gasteiger partial charge in [0, 0.05) is 26.6 Å². The molecular weight excluding hydrogens is 338 g/mol. The fourth-order valence-corrected chi connectivity index (χ4v) is 2.40. The second-order valence-electron chi connectivity index (χ2n) is 7.15. The van der Waals surface area contributed by atoms with Crippen molar-refractivity contribution in [2.24, 2.45) is 5.41 Å². The normalized spacial score (nSPS) is 12.2. The van der Waals surface area contributed by atoms with Crippen LogP contribution in [-0.2, 0) is 14.3 Å². The average Bonchev–Trinajstić information content (AvgIpc) is 2.53. The van der Waals surface area contributed by atoms with E-state index in [1.807, 2.05) is 20.8 Å². The van der Waals surface area contributed by atoms with Crippen molar-refractivity contribution < 1.29 is 19.2 Å². The first kappa shape index (κ1) is 21.3. The van der Waals surface area contributed by atoms with E-state index in [9.17, 15) is 25.0 Å². The van der Waals surface area contributed by atoms with Gasteiger partial charge in [0.2, 0.25) is 5.91 Å². The third-order valence-corrected chi connectivity index (χ3v) is 3.70. The van der Waals surface area contributed by atoms with E-state index >= 15 is 0 Å². The molecule has 0 radical (unpaired) electrons. The molecule has 1 amide bonds. The predicted molar refractivity (Wildman–Crippen MR) is 95.8 cm³/mol. The number of ether oxygens (including phenoxy) is 1. The number of amides is 1. The molecule has 140 valence electrons. The lowest BCUT2D eigenvalue weighted by Gasteiger charge is -2.23. The van der Waals surface area contributed by atoms with E-state index in [4.69, 9.17) is 4.74 Å². The number of hydrogen-bond acceptors (Lipinski definition) is 6. The quantitative estimate of drug-likeness (QED) is 0.545. The Kier molecular flexibility index (Phi) is 6.98. The maximum absolute atomic E-state index is 12.3. The van der Waals surface area contributed by atoms with Gasteiger partial charge in [-0.2, -0.15) is 5.26 Å². The molecule has 26 heavy (non-hydrogen) atoms. The molecule has 0 aliphatic heterocycles. The molecule has 0 aliphatic rings. The number of nitro benzene ring substituents is 1. The maximum atomic E-state index is 12.3. The number of methoxy groups -OCH3 is 1. The van der Waals surface area contributed by atoms with Crippen molar-refractivity contribution in [3.63, 3.8) is 0 Å². The number of carbonyl (C=O) groups is 2. The minimum atomic E-state index is -1.31. The minimum absolute atomic E-state index is 0.0139. The number of anilines is 1. The van der Waals surface area contributed by atoms with Crippen LogP contribution in [0.5, 0.6) is 0 Å². The van der Waals surface area contributed by atoms with Gasteiger partial charge in [-0.3, -0.25) is 19.7 Å². The van der Waals surface area contributed by atoms with Crippen LogP contribution in [0, 0.1) is 26.9 Å². The van der Waals surface area contributed by atoms with Gasteiger partial charge < -0.3 is 9.64 Å². The monoisotopic (exact) mass is 361 g/mol. The molecule has 8 nitrogen and oxygen atoms in total. The van der Waals surface area contributed by atoms with Crippen molar-refractivity contribution in [1.82, 2.24) is 0 Å². The summed E-state index contributed by atoms with van der Waals surface area (Å²) < 4.78 is 4.72. The van der Waals surface area contributed by atoms with Gasteiger partial charge in [-0.05, 0) is 17.5 Å². The fourth-order valence-electron chi connectivity index (χ4n) is 2.40. The largest absolute Gasteiger partial charge is 0.377 e. The highest BCUT2D eigenvalue weighted by atomic mass is 16.6. The Morgan fingerprint density at radius 3 is 2.46 bits per heavy atom. The van der Waals surface area contributed by atoms with E-state index < -0.39 is 16.6 Å². The first-order valence-corrected chi connectivity index (χ1v) is 7.98. The van der Waals surface area contributed by atoms with Gasteiger partial charge in [0.25, 0.3) is 5.69 Å². The molecule has 1 atom stereocenters. The Labute approximate surface area is 152 Å². The Balaban J connectivity index is 3.28. The molecule has 0 bridgehead atoms. The highest BCUT2D eigenvalue weighted by Gasteiger charge is 2.29. The maximum Gasteiger partial charge on any atom is 0.276 e. The minimum Gasteiger partial charge on any atom is -0.377 e. The number of nitrogens with zero attached hydrogens (tertiary/aromatic N) is 3. The lowest BCUT2D eigenvalue weighted by Crippen LogP contribution is -2.30. The van der Waals surface area contributed by atoms with Gasteiger partial charge in [0.1, 0.15) is 12.5 Å². The molecule has 1 aromatic carbocycles. The Morgan fingerprint density at radius 2 is 2.00 bits per heavy atom. The summed E-state index contributed by atoms with van der Waals surface area (Å²) in [6, 6.07) is 5.83. The van der Waals surface area contributed by atoms with Crippen molar-refractivity contribution in [3.05, 3.63) is 33.9 Å². The van der Waals surface area contributed by atoms with Crippen molar-refractivity contribution in [3.8, 4) is 6.07 Å². The molecule has 1 rings (SSSR count). The number of nitro groups is 1. The number of rotatable bonds is 7. The van der Waals surface area contributed by atoms with Crippen LogP contribution in [0.15, 0.2) is 18.2 Å². The van der Waals surface area contributed by atoms with Gasteiger partial charge in [0.05, 0.1) is 22.2 Å². The van der Waals surface area contributed by atoms with Crippen LogP contribution in [0.25, 0.3) is 0 Å². The molecule has 0 spiro atoms. The van der Waals surface area contributed by atoms with Crippen molar-refractivity contribution in [2.75, 3.05) is 25.7 Å². The summed E-state index contributed by atoms with van der Waals surface area (Å²) in [6.45, 7) is 5.44. The second kappa shape index (κ2) is 8.54. The van der Waals surface area contributed by atoms with Gasteiger partial charge in [0.15, 0.2) is 5.78 Å². The Bertz CT molecular complexity index is 746. The standard InChI is InChI=1S/C18H23N3O5/c1-18(2,3)9-17(23)20(4)12-6-7-13(15(8-12)21(24)25)14(10-19)16(22)11-26-5/h6-8,14H,9,11H2,1-5H3. The number of nitriles is 1. The molecule has 0 fully saturated rings. The summed E-state index contributed by atoms with van der Waals surface area (Å²) in [6.07, 6.45) is 0.270. The molecule has 8 heteroatoms. The van der Waals surface area contributed by atoms with Crippen LogP contribution in [0.1, 0.15) is 38.7 Å². The van der Waals surface area contributed by atoms with Gasteiger partial charge >= 0.3 is 0 Å². The zero-order valence-electron chi connectivity index (χ0n) is 15.6. The first-order chi connectivity index (χ1) is 12.0. The van der Waals surface area contributed by atoms with Crippen LogP contribution in [0.2, 0.25) is 0 Å². The molecule has 1 unspecified atom stereocenters. The Morgan fingerprint density at radius 1 is 1.38 bits per heavy atom. The highest BCUT2D eigenvalue weighted by Crippen LogP contribution is 2.32. The zero-order valence-corrected chi connectivity index (χ0v) is 15.6. The molecule has 0 aromatic heterocycles. The van der Waals surface area contributed by atoms with Crippen LogP contribution in [0.3, 0.4) is 0 Å². The number of carbonyl (C=O) groups excluding carboxylic acids is 2. The molecule has 0 heterocycles. The summed E-state index contributed by atoms with van der Waals surface area (Å²) in [7, 11) is 2.84. The van der Waals surface area contributed by atoms with E-state index in [0.29, 0.717) is 5.69 Å². The van der Waals surface area contributed by atoms with E-state index in [2.05, 4.69) is 0 Å². The smallest absolute Gasteiger partial charge is 0.276 e. The molecule has 1 aromatic rings. The lowest BCUT2D eigenvalue weighted by atomic mass is 9.91. The summed E-state index contributed by atoms with van der Waals surface area (Å²) in [5.41, 5.74) is -0.296. The van der Waals surface area contributed by atoms with Crippen molar-refractivity contribution in [1.29, 1.82) is 5.26 Å². The second-order valence-corrected chi connectivity index (χ2v) is 7.15. The number of hydrogen-bond donors (Lipinski definition) is 0. The molecular formula is C18H23N3O5. The summed E-state index contributed by atoms with van der Waals surface area (Å²) in [5.74, 6) is -2.06. The Hall–Kier alpha value is -2.79. The zero-order chi connectivity index (χ0) is 20.1. The summed E-state index contributed by atoms with van der Waals surface area (Å²) in [5, 5.41) is 20.7.